The van der Waals surface area contributed by atoms with Crippen molar-refractivity contribution in [1.82, 2.24) is 0 Å². The fraction of sp³-hybridized carbons (Fsp3) is 0.333. The second-order valence-corrected chi connectivity index (χ2v) is 6.74. The second-order valence-electron chi connectivity index (χ2n) is 5.49. The Hall–Kier alpha value is -1.17. The van der Waals surface area contributed by atoms with E-state index in [-0.39, 0.29) is 13.2 Å². The molecule has 7 heteroatoms. The van der Waals surface area contributed by atoms with Gasteiger partial charge in [-0.25, -0.2) is 0 Å². The molecule has 0 unspecified atom stereocenters. The number of hydrogen-bond acceptors (Lipinski definition) is 3. The van der Waals surface area contributed by atoms with E-state index in [4.69, 9.17) is 49.4 Å². The summed E-state index contributed by atoms with van der Waals surface area (Å²) in [5.41, 5.74) is 1.84. The van der Waals surface area contributed by atoms with Crippen molar-refractivity contribution in [3.05, 3.63) is 56.5 Å². The molecule has 2 aromatic rings. The minimum atomic E-state index is 0.195. The van der Waals surface area contributed by atoms with E-state index < -0.39 is 0 Å². The minimum absolute atomic E-state index is 0.195. The average molecular weight is 406 g/mol. The molecule has 0 heterocycles. The molecular weight excluding hydrogens is 385 g/mol. The van der Waals surface area contributed by atoms with Gasteiger partial charge >= 0.3 is 0 Å². The molecule has 0 aromatic heterocycles. The van der Waals surface area contributed by atoms with Crippen LogP contribution in [0.4, 0.5) is 0 Å². The van der Waals surface area contributed by atoms with Crippen LogP contribution in [0.3, 0.4) is 0 Å². The van der Waals surface area contributed by atoms with Crippen LogP contribution < -0.4 is 14.8 Å². The molecule has 2 aromatic carbocycles. The summed E-state index contributed by atoms with van der Waals surface area (Å²) in [7, 11) is 1.58. The molecule has 0 saturated carbocycles. The molecule has 0 aliphatic heterocycles. The molecule has 136 valence electrons. The monoisotopic (exact) mass is 404 g/mol. The molecule has 0 aliphatic carbocycles. The smallest absolute Gasteiger partial charge is 0.180 e. The molecule has 0 atom stereocenters. The fourth-order valence-electron chi connectivity index (χ4n) is 2.32. The Balaban J connectivity index is 2.09. The summed E-state index contributed by atoms with van der Waals surface area (Å²) in [4.78, 5) is 0. The Morgan fingerprint density at radius 3 is 2.56 bits per heavy atom. The first-order chi connectivity index (χ1) is 12.0. The summed E-state index contributed by atoms with van der Waals surface area (Å²) >= 11 is 18.4. The lowest BCUT2D eigenvalue weighted by Crippen LogP contribution is -2.82. The zero-order valence-electron chi connectivity index (χ0n) is 13.9. The highest BCUT2D eigenvalue weighted by atomic mass is 35.5. The lowest BCUT2D eigenvalue weighted by Gasteiger charge is -2.14. The van der Waals surface area contributed by atoms with Crippen molar-refractivity contribution in [3.8, 4) is 11.5 Å². The van der Waals surface area contributed by atoms with Crippen molar-refractivity contribution in [2.45, 2.75) is 19.6 Å². The third-order valence-corrected chi connectivity index (χ3v) is 4.49. The number of methoxy groups -OCH3 is 1. The first kappa shape index (κ1) is 20.1. The highest BCUT2D eigenvalue weighted by molar-refractivity contribution is 6.35. The van der Waals surface area contributed by atoms with Crippen LogP contribution in [0.1, 0.15) is 17.5 Å². The summed E-state index contributed by atoms with van der Waals surface area (Å²) in [5.74, 6) is 1.05. The van der Waals surface area contributed by atoms with Crippen molar-refractivity contribution < 1.29 is 19.9 Å². The Morgan fingerprint density at radius 1 is 1.08 bits per heavy atom. The first-order valence-electron chi connectivity index (χ1n) is 7.90. The van der Waals surface area contributed by atoms with E-state index in [1.54, 1.807) is 19.2 Å². The minimum Gasteiger partial charge on any atom is -0.493 e. The van der Waals surface area contributed by atoms with Gasteiger partial charge in [0.15, 0.2) is 11.5 Å². The number of benzene rings is 2. The summed E-state index contributed by atoms with van der Waals surface area (Å²) in [6.07, 6.45) is 0.758. The van der Waals surface area contributed by atoms with Crippen molar-refractivity contribution in [2.75, 3.05) is 20.3 Å². The van der Waals surface area contributed by atoms with E-state index in [9.17, 15) is 0 Å². The van der Waals surface area contributed by atoms with Gasteiger partial charge in [0.2, 0.25) is 0 Å². The molecule has 2 rings (SSSR count). The van der Waals surface area contributed by atoms with E-state index >= 15 is 0 Å². The average Bonchev–Trinajstić information content (AvgIpc) is 2.58. The van der Waals surface area contributed by atoms with Crippen LogP contribution in [-0.2, 0) is 13.2 Å². The summed E-state index contributed by atoms with van der Waals surface area (Å²) in [6.45, 7) is 2.05. The molecule has 4 nitrogen and oxygen atoms in total. The number of halogens is 3. The highest BCUT2D eigenvalue weighted by Gasteiger charge is 2.14. The van der Waals surface area contributed by atoms with E-state index in [2.05, 4.69) is 5.32 Å². The van der Waals surface area contributed by atoms with Crippen LogP contribution in [0.15, 0.2) is 30.3 Å². The van der Waals surface area contributed by atoms with Gasteiger partial charge < -0.3 is 19.9 Å². The summed E-state index contributed by atoms with van der Waals surface area (Å²) in [6, 6.07) is 9.01. The first-order valence-corrected chi connectivity index (χ1v) is 9.04. The maximum Gasteiger partial charge on any atom is 0.180 e. The lowest BCUT2D eigenvalue weighted by atomic mass is 10.2. The number of quaternary nitrogens is 1. The van der Waals surface area contributed by atoms with Gasteiger partial charge in [-0.3, -0.25) is 0 Å². The molecule has 0 aliphatic rings. The van der Waals surface area contributed by atoms with E-state index in [1.165, 1.54) is 0 Å². The maximum absolute atomic E-state index is 8.82. The Kier molecular flexibility index (Phi) is 8.13. The SMILES string of the molecule is COc1cc(C[NH2+]CCCO)cc(Cl)c1OCc1ccc(Cl)cc1Cl. The van der Waals surface area contributed by atoms with Crippen molar-refractivity contribution >= 4 is 34.8 Å². The number of ether oxygens (including phenoxy) is 2. The van der Waals surface area contributed by atoms with Gasteiger partial charge in [-0.1, -0.05) is 40.9 Å². The number of nitrogens with two attached hydrogens (primary N) is 1. The highest BCUT2D eigenvalue weighted by Crippen LogP contribution is 2.37. The van der Waals surface area contributed by atoms with Crippen molar-refractivity contribution in [1.29, 1.82) is 0 Å². The molecule has 0 bridgehead atoms. The zero-order chi connectivity index (χ0) is 18.2. The molecule has 0 radical (unpaired) electrons. The largest absolute Gasteiger partial charge is 0.493 e. The molecule has 0 fully saturated rings. The van der Waals surface area contributed by atoms with E-state index in [1.807, 2.05) is 18.2 Å². The molecule has 25 heavy (non-hydrogen) atoms. The number of rotatable bonds is 9. The van der Waals surface area contributed by atoms with Gasteiger partial charge in [-0.2, -0.15) is 0 Å². The number of aliphatic hydroxyl groups is 1. The normalized spacial score (nSPS) is 10.8. The van der Waals surface area contributed by atoms with Gasteiger partial charge in [-0.05, 0) is 24.3 Å². The van der Waals surface area contributed by atoms with Crippen LogP contribution in [0.2, 0.25) is 15.1 Å². The van der Waals surface area contributed by atoms with Gasteiger partial charge in [0.05, 0.1) is 18.7 Å². The summed E-state index contributed by atoms with van der Waals surface area (Å²) < 4.78 is 11.3. The summed E-state index contributed by atoms with van der Waals surface area (Å²) in [5, 5.41) is 12.5. The molecule has 3 N–H and O–H groups in total. The zero-order valence-corrected chi connectivity index (χ0v) is 16.2. The predicted octanol–water partition coefficient (Wildman–Crippen LogP) is 3.68. The van der Waals surface area contributed by atoms with Gasteiger partial charge in [0.25, 0.3) is 0 Å². The quantitative estimate of drug-likeness (QED) is 0.626. The molecule has 0 saturated heterocycles. The van der Waals surface area contributed by atoms with Gasteiger partial charge in [0, 0.05) is 34.2 Å². The van der Waals surface area contributed by atoms with Crippen LogP contribution in [0, 0.1) is 0 Å². The second kappa shape index (κ2) is 10.1. The fourth-order valence-corrected chi connectivity index (χ4v) is 3.08. The van der Waals surface area contributed by atoms with Crippen LogP contribution >= 0.6 is 34.8 Å². The van der Waals surface area contributed by atoms with E-state index in [0.29, 0.717) is 26.6 Å². The molecule has 0 amide bonds. The topological polar surface area (TPSA) is 55.3 Å². The molecule has 0 spiro atoms. The van der Waals surface area contributed by atoms with Gasteiger partial charge in [-0.15, -0.1) is 0 Å². The maximum atomic E-state index is 8.82. The lowest BCUT2D eigenvalue weighted by molar-refractivity contribution is -0.671. The third-order valence-electron chi connectivity index (χ3n) is 3.62. The van der Waals surface area contributed by atoms with Crippen molar-refractivity contribution in [2.24, 2.45) is 0 Å². The van der Waals surface area contributed by atoms with Crippen LogP contribution in [-0.4, -0.2) is 25.4 Å². The Labute approximate surface area is 162 Å². The van der Waals surface area contributed by atoms with Crippen molar-refractivity contribution in [3.63, 3.8) is 0 Å². The van der Waals surface area contributed by atoms with Gasteiger partial charge in [0.1, 0.15) is 13.2 Å². The molecular formula is C18H21Cl3NO3+. The standard InChI is InChI=1S/C18H20Cl3NO3/c1-24-17-8-12(10-22-5-2-6-23)7-16(21)18(17)25-11-13-3-4-14(19)9-15(13)20/h3-4,7-9,22-23H,2,5-6,10-11H2,1H3/p+1. The number of hydrogen-bond donors (Lipinski definition) is 2. The van der Waals surface area contributed by atoms with Crippen LogP contribution in [0.25, 0.3) is 0 Å². The Bertz CT molecular complexity index is 710. The van der Waals surface area contributed by atoms with Crippen LogP contribution in [0.5, 0.6) is 11.5 Å². The number of aliphatic hydroxyl groups excluding tert-OH is 1. The Morgan fingerprint density at radius 2 is 1.88 bits per heavy atom. The third kappa shape index (κ3) is 5.94. The predicted molar refractivity (Wildman–Crippen MR) is 101 cm³/mol. The van der Waals surface area contributed by atoms with E-state index in [0.717, 1.165) is 30.6 Å².